The predicted molar refractivity (Wildman–Crippen MR) is 58.4 cm³/mol. The van der Waals surface area contributed by atoms with Gasteiger partial charge in [-0.15, -0.1) is 0 Å². The Morgan fingerprint density at radius 1 is 1.40 bits per heavy atom. The Hall–Kier alpha value is -1.61. The van der Waals surface area contributed by atoms with Gasteiger partial charge in [0.2, 0.25) is 0 Å². The number of aliphatic hydroxyl groups excluding tert-OH is 1. The quantitative estimate of drug-likeness (QED) is 0.825. The van der Waals surface area contributed by atoms with Crippen LogP contribution in [0.5, 0.6) is 0 Å². The number of hydrogen-bond acceptors (Lipinski definition) is 2. The largest absolute Gasteiger partial charge is 0.387 e. The van der Waals surface area contributed by atoms with E-state index in [-0.39, 0.29) is 0 Å². The Balaban J connectivity index is 2.15. The number of benzene rings is 1. The van der Waals surface area contributed by atoms with Crippen molar-refractivity contribution in [3.63, 3.8) is 0 Å². The summed E-state index contributed by atoms with van der Waals surface area (Å²) in [6.07, 6.45) is 4.80. The topological polar surface area (TPSA) is 38.0 Å². The van der Waals surface area contributed by atoms with E-state index in [4.69, 9.17) is 0 Å². The lowest BCUT2D eigenvalue weighted by molar-refractivity contribution is 0.156. The van der Waals surface area contributed by atoms with Gasteiger partial charge in [0, 0.05) is 12.4 Å². The highest BCUT2D eigenvalue weighted by Crippen LogP contribution is 2.18. The molecule has 0 aliphatic rings. The van der Waals surface area contributed by atoms with Crippen molar-refractivity contribution in [3.8, 4) is 0 Å². The van der Waals surface area contributed by atoms with Crippen molar-refractivity contribution in [1.29, 1.82) is 0 Å². The number of imidazole rings is 1. The molecule has 1 N–H and O–H groups in total. The van der Waals surface area contributed by atoms with Crippen LogP contribution in [0, 0.1) is 6.92 Å². The molecule has 1 heterocycles. The molecule has 15 heavy (non-hydrogen) atoms. The second-order valence-corrected chi connectivity index (χ2v) is 3.63. The molecule has 3 nitrogen and oxygen atoms in total. The highest BCUT2D eigenvalue weighted by atomic mass is 16.3. The fraction of sp³-hybridized carbons (Fsp3) is 0.250. The molecule has 2 aromatic rings. The molecule has 0 aliphatic carbocycles. The third-order valence-electron chi connectivity index (χ3n) is 2.49. The van der Waals surface area contributed by atoms with E-state index in [9.17, 15) is 5.11 Å². The van der Waals surface area contributed by atoms with Crippen LogP contribution in [-0.4, -0.2) is 14.7 Å². The summed E-state index contributed by atoms with van der Waals surface area (Å²) < 4.78 is 1.87. The van der Waals surface area contributed by atoms with Crippen LogP contribution >= 0.6 is 0 Å². The number of hydrogen-bond donors (Lipinski definition) is 1. The van der Waals surface area contributed by atoms with E-state index in [1.807, 2.05) is 42.0 Å². The summed E-state index contributed by atoms with van der Waals surface area (Å²) in [7, 11) is 0. The van der Waals surface area contributed by atoms with E-state index in [2.05, 4.69) is 4.98 Å². The minimum absolute atomic E-state index is 0.472. The zero-order valence-electron chi connectivity index (χ0n) is 8.67. The highest BCUT2D eigenvalue weighted by Gasteiger charge is 2.09. The molecule has 3 heteroatoms. The van der Waals surface area contributed by atoms with Crippen LogP contribution < -0.4 is 0 Å². The SMILES string of the molecule is Cc1ccccc1C(O)Cn1ccnc1. The van der Waals surface area contributed by atoms with Gasteiger partial charge >= 0.3 is 0 Å². The molecule has 78 valence electrons. The number of rotatable bonds is 3. The summed E-state index contributed by atoms with van der Waals surface area (Å²) in [5.74, 6) is 0. The van der Waals surface area contributed by atoms with Gasteiger partial charge in [-0.05, 0) is 18.1 Å². The van der Waals surface area contributed by atoms with Gasteiger partial charge in [-0.2, -0.15) is 0 Å². The standard InChI is InChI=1S/C12H14N2O/c1-10-4-2-3-5-11(10)12(15)8-14-7-6-13-9-14/h2-7,9,12,15H,8H2,1H3. The molecule has 0 spiro atoms. The van der Waals surface area contributed by atoms with Gasteiger partial charge in [-0.3, -0.25) is 0 Å². The second kappa shape index (κ2) is 4.28. The van der Waals surface area contributed by atoms with Gasteiger partial charge < -0.3 is 9.67 Å². The molecule has 0 fully saturated rings. The third-order valence-corrected chi connectivity index (χ3v) is 2.49. The average Bonchev–Trinajstić information content (AvgIpc) is 2.71. The van der Waals surface area contributed by atoms with E-state index >= 15 is 0 Å². The first-order valence-corrected chi connectivity index (χ1v) is 4.96. The molecule has 0 radical (unpaired) electrons. The smallest absolute Gasteiger partial charge is 0.0971 e. The zero-order valence-corrected chi connectivity index (χ0v) is 8.67. The highest BCUT2D eigenvalue weighted by molar-refractivity contribution is 5.27. The van der Waals surface area contributed by atoms with E-state index in [1.165, 1.54) is 0 Å². The Morgan fingerprint density at radius 3 is 2.87 bits per heavy atom. The first kappa shape index (κ1) is 9.93. The van der Waals surface area contributed by atoms with Crippen molar-refractivity contribution in [3.05, 3.63) is 54.1 Å². The molecule has 0 saturated heterocycles. The van der Waals surface area contributed by atoms with Crippen molar-refractivity contribution >= 4 is 0 Å². The first-order chi connectivity index (χ1) is 7.27. The van der Waals surface area contributed by atoms with Crippen molar-refractivity contribution < 1.29 is 5.11 Å². The van der Waals surface area contributed by atoms with Crippen molar-refractivity contribution in [2.24, 2.45) is 0 Å². The maximum Gasteiger partial charge on any atom is 0.0971 e. The van der Waals surface area contributed by atoms with Gasteiger partial charge in [-0.1, -0.05) is 24.3 Å². The van der Waals surface area contributed by atoms with Crippen LogP contribution in [0.25, 0.3) is 0 Å². The molecule has 1 atom stereocenters. The molecule has 0 aliphatic heterocycles. The molecule has 1 aromatic heterocycles. The van der Waals surface area contributed by atoms with Gasteiger partial charge in [0.25, 0.3) is 0 Å². The van der Waals surface area contributed by atoms with Gasteiger partial charge in [-0.25, -0.2) is 4.98 Å². The summed E-state index contributed by atoms with van der Waals surface area (Å²) in [6, 6.07) is 7.88. The second-order valence-electron chi connectivity index (χ2n) is 3.63. The van der Waals surface area contributed by atoms with E-state index in [0.717, 1.165) is 11.1 Å². The number of aliphatic hydroxyl groups is 1. The Kier molecular flexibility index (Phi) is 2.83. The lowest BCUT2D eigenvalue weighted by Gasteiger charge is -2.13. The summed E-state index contributed by atoms with van der Waals surface area (Å²) in [5, 5.41) is 10.0. The number of nitrogens with zero attached hydrogens (tertiary/aromatic N) is 2. The van der Waals surface area contributed by atoms with Crippen molar-refractivity contribution in [1.82, 2.24) is 9.55 Å². The zero-order chi connectivity index (χ0) is 10.7. The van der Waals surface area contributed by atoms with Crippen molar-refractivity contribution in [2.45, 2.75) is 19.6 Å². The minimum Gasteiger partial charge on any atom is -0.387 e. The fourth-order valence-corrected chi connectivity index (χ4v) is 1.65. The van der Waals surface area contributed by atoms with Crippen LogP contribution in [-0.2, 0) is 6.54 Å². The normalized spacial score (nSPS) is 12.7. The molecular weight excluding hydrogens is 188 g/mol. The fourth-order valence-electron chi connectivity index (χ4n) is 1.65. The van der Waals surface area contributed by atoms with Crippen LogP contribution in [0.1, 0.15) is 17.2 Å². The molecule has 0 bridgehead atoms. The Bertz CT molecular complexity index is 423. The van der Waals surface area contributed by atoms with Crippen molar-refractivity contribution in [2.75, 3.05) is 0 Å². The van der Waals surface area contributed by atoms with E-state index < -0.39 is 6.10 Å². The molecule has 1 unspecified atom stereocenters. The van der Waals surface area contributed by atoms with E-state index in [1.54, 1.807) is 12.5 Å². The molecule has 1 aromatic carbocycles. The average molecular weight is 202 g/mol. The number of aryl methyl sites for hydroxylation is 1. The van der Waals surface area contributed by atoms with Crippen LogP contribution in [0.4, 0.5) is 0 Å². The molecule has 0 saturated carbocycles. The van der Waals surface area contributed by atoms with Crippen LogP contribution in [0.2, 0.25) is 0 Å². The summed E-state index contributed by atoms with van der Waals surface area (Å²) >= 11 is 0. The predicted octanol–water partition coefficient (Wildman–Crippen LogP) is 1.93. The summed E-state index contributed by atoms with van der Waals surface area (Å²) in [6.45, 7) is 2.55. The molecular formula is C12H14N2O. The number of aromatic nitrogens is 2. The maximum absolute atomic E-state index is 10.0. The monoisotopic (exact) mass is 202 g/mol. The molecule has 2 rings (SSSR count). The third kappa shape index (κ3) is 2.25. The maximum atomic E-state index is 10.0. The van der Waals surface area contributed by atoms with Crippen LogP contribution in [0.15, 0.2) is 43.0 Å². The summed E-state index contributed by atoms with van der Waals surface area (Å²) in [5.41, 5.74) is 2.09. The minimum atomic E-state index is -0.472. The lowest BCUT2D eigenvalue weighted by atomic mass is 10.0. The van der Waals surface area contributed by atoms with Gasteiger partial charge in [0.05, 0.1) is 19.0 Å². The first-order valence-electron chi connectivity index (χ1n) is 4.96. The Labute approximate surface area is 89.0 Å². The molecule has 0 amide bonds. The van der Waals surface area contributed by atoms with Gasteiger partial charge in [0.1, 0.15) is 0 Å². The Morgan fingerprint density at radius 2 is 2.20 bits per heavy atom. The van der Waals surface area contributed by atoms with Crippen LogP contribution in [0.3, 0.4) is 0 Å². The summed E-state index contributed by atoms with van der Waals surface area (Å²) in [4.78, 5) is 3.94. The van der Waals surface area contributed by atoms with E-state index in [0.29, 0.717) is 6.54 Å². The lowest BCUT2D eigenvalue weighted by Crippen LogP contribution is -2.08. The van der Waals surface area contributed by atoms with Gasteiger partial charge in [0.15, 0.2) is 0 Å².